The smallest absolute Gasteiger partial charge is 0.185 e. The van der Waals surface area contributed by atoms with Crippen molar-refractivity contribution in [3.05, 3.63) is 64.2 Å². The van der Waals surface area contributed by atoms with Crippen molar-refractivity contribution in [1.29, 1.82) is 5.26 Å². The lowest BCUT2D eigenvalue weighted by Gasteiger charge is -2.31. The Morgan fingerprint density at radius 1 is 1.20 bits per heavy atom. The molecule has 1 fully saturated rings. The summed E-state index contributed by atoms with van der Waals surface area (Å²) in [6.45, 7) is 1.08. The zero-order valence-corrected chi connectivity index (χ0v) is 18.1. The maximum Gasteiger partial charge on any atom is 0.185 e. The molecule has 5 nitrogen and oxygen atoms in total. The van der Waals surface area contributed by atoms with Gasteiger partial charge in [-0.1, -0.05) is 29.8 Å². The topological polar surface area (TPSA) is 74.1 Å². The number of benzene rings is 2. The van der Waals surface area contributed by atoms with E-state index in [2.05, 4.69) is 4.98 Å². The van der Waals surface area contributed by atoms with Gasteiger partial charge in [-0.3, -0.25) is 0 Å². The van der Waals surface area contributed by atoms with Gasteiger partial charge in [0.15, 0.2) is 15.0 Å². The summed E-state index contributed by atoms with van der Waals surface area (Å²) in [6.07, 6.45) is 0.902. The van der Waals surface area contributed by atoms with E-state index < -0.39 is 20.9 Å². The Morgan fingerprint density at radius 2 is 1.93 bits per heavy atom. The molecular formula is C21H17ClFN3O2S2. The highest BCUT2D eigenvalue weighted by molar-refractivity contribution is 7.92. The van der Waals surface area contributed by atoms with Crippen molar-refractivity contribution in [2.45, 2.75) is 23.0 Å². The van der Waals surface area contributed by atoms with Gasteiger partial charge >= 0.3 is 0 Å². The van der Waals surface area contributed by atoms with Gasteiger partial charge in [-0.2, -0.15) is 5.26 Å². The summed E-state index contributed by atoms with van der Waals surface area (Å²) >= 11 is 7.18. The molecule has 1 aliphatic rings. The van der Waals surface area contributed by atoms with Gasteiger partial charge in [-0.25, -0.2) is 17.8 Å². The van der Waals surface area contributed by atoms with Crippen LogP contribution in [0.3, 0.4) is 0 Å². The standard InChI is InChI=1S/C21H17ClFN3O2S2/c22-17-6-5-14(11-18(17)23)19-13-29-21(25-19)26-9-7-16(8-10-26)30(27,28)20-4-2-1-3-15(20)12-24/h1-6,11,13,16H,7-10H2. The minimum atomic E-state index is -3.58. The van der Waals surface area contributed by atoms with Gasteiger partial charge < -0.3 is 4.90 Å². The second-order valence-corrected chi connectivity index (χ2v) is 10.4. The van der Waals surface area contributed by atoms with E-state index in [1.165, 1.54) is 35.6 Å². The summed E-state index contributed by atoms with van der Waals surface area (Å²) in [6, 6.07) is 12.9. The number of piperidine rings is 1. The predicted molar refractivity (Wildman–Crippen MR) is 116 cm³/mol. The van der Waals surface area contributed by atoms with Crippen molar-refractivity contribution < 1.29 is 12.8 Å². The first-order valence-corrected chi connectivity index (χ1v) is 12.1. The van der Waals surface area contributed by atoms with Gasteiger partial charge in [-0.15, -0.1) is 11.3 Å². The molecule has 2 heterocycles. The van der Waals surface area contributed by atoms with Crippen LogP contribution in [0.1, 0.15) is 18.4 Å². The number of nitriles is 1. The van der Waals surface area contributed by atoms with E-state index in [0.717, 1.165) is 5.13 Å². The Bertz CT molecular complexity index is 1230. The quantitative estimate of drug-likeness (QED) is 0.551. The lowest BCUT2D eigenvalue weighted by molar-refractivity contribution is 0.529. The minimum absolute atomic E-state index is 0.0652. The van der Waals surface area contributed by atoms with Crippen LogP contribution in [0.5, 0.6) is 0 Å². The van der Waals surface area contributed by atoms with Gasteiger partial charge in [0.1, 0.15) is 11.9 Å². The van der Waals surface area contributed by atoms with Crippen molar-refractivity contribution in [3.63, 3.8) is 0 Å². The van der Waals surface area contributed by atoms with Gasteiger partial charge in [-0.05, 0) is 37.1 Å². The van der Waals surface area contributed by atoms with E-state index in [-0.39, 0.29) is 15.5 Å². The number of halogens is 2. The number of anilines is 1. The molecule has 4 rings (SSSR count). The highest BCUT2D eigenvalue weighted by Gasteiger charge is 2.33. The molecular weight excluding hydrogens is 445 g/mol. The number of thiazole rings is 1. The summed E-state index contributed by atoms with van der Waals surface area (Å²) in [5.74, 6) is -0.493. The lowest BCUT2D eigenvalue weighted by Crippen LogP contribution is -2.39. The van der Waals surface area contributed by atoms with Crippen LogP contribution in [0.4, 0.5) is 9.52 Å². The Kier molecular flexibility index (Phi) is 5.78. The second kappa shape index (κ2) is 8.34. The molecule has 0 spiro atoms. The molecule has 0 bridgehead atoms. The molecule has 2 aromatic carbocycles. The second-order valence-electron chi connectivity index (χ2n) is 6.98. The van der Waals surface area contributed by atoms with E-state index in [4.69, 9.17) is 11.6 Å². The fourth-order valence-corrected chi connectivity index (χ4v) is 6.43. The van der Waals surface area contributed by atoms with Crippen LogP contribution in [0.2, 0.25) is 5.02 Å². The molecule has 0 amide bonds. The molecule has 3 aromatic rings. The van der Waals surface area contributed by atoms with E-state index in [1.807, 2.05) is 16.3 Å². The molecule has 0 atom stereocenters. The number of nitrogens with zero attached hydrogens (tertiary/aromatic N) is 3. The van der Waals surface area contributed by atoms with Crippen molar-refractivity contribution in [2.24, 2.45) is 0 Å². The highest BCUT2D eigenvalue weighted by atomic mass is 35.5. The van der Waals surface area contributed by atoms with E-state index >= 15 is 0 Å². The van der Waals surface area contributed by atoms with Gasteiger partial charge in [0.2, 0.25) is 0 Å². The molecule has 9 heteroatoms. The van der Waals surface area contributed by atoms with Crippen LogP contribution in [0, 0.1) is 17.1 Å². The first kappa shape index (κ1) is 20.8. The van der Waals surface area contributed by atoms with Crippen LogP contribution in [0.15, 0.2) is 52.7 Å². The summed E-state index contributed by atoms with van der Waals surface area (Å²) < 4.78 is 39.8. The van der Waals surface area contributed by atoms with Crippen LogP contribution < -0.4 is 4.90 Å². The van der Waals surface area contributed by atoms with Gasteiger partial charge in [0.25, 0.3) is 0 Å². The molecule has 0 N–H and O–H groups in total. The molecule has 1 aromatic heterocycles. The fourth-order valence-electron chi connectivity index (χ4n) is 3.54. The third-order valence-corrected chi connectivity index (χ3v) is 8.70. The van der Waals surface area contributed by atoms with E-state index in [1.54, 1.807) is 18.2 Å². The van der Waals surface area contributed by atoms with Crippen molar-refractivity contribution in [1.82, 2.24) is 4.98 Å². The SMILES string of the molecule is N#Cc1ccccc1S(=O)(=O)C1CCN(c2nc(-c3ccc(Cl)c(F)c3)cs2)CC1. The summed E-state index contributed by atoms with van der Waals surface area (Å²) in [7, 11) is -3.58. The highest BCUT2D eigenvalue weighted by Crippen LogP contribution is 2.33. The number of hydrogen-bond donors (Lipinski definition) is 0. The Hall–Kier alpha value is -2.47. The Balaban J connectivity index is 1.48. The number of hydrogen-bond acceptors (Lipinski definition) is 6. The number of aromatic nitrogens is 1. The van der Waals surface area contributed by atoms with Crippen molar-refractivity contribution in [3.8, 4) is 17.3 Å². The van der Waals surface area contributed by atoms with E-state index in [0.29, 0.717) is 37.2 Å². The van der Waals surface area contributed by atoms with Crippen LogP contribution in [-0.4, -0.2) is 31.7 Å². The summed E-state index contributed by atoms with van der Waals surface area (Å²) in [5.41, 5.74) is 1.48. The first-order chi connectivity index (χ1) is 14.4. The first-order valence-electron chi connectivity index (χ1n) is 9.29. The largest absolute Gasteiger partial charge is 0.348 e. The third kappa shape index (κ3) is 3.93. The number of rotatable bonds is 4. The summed E-state index contributed by atoms with van der Waals surface area (Å²) in [4.78, 5) is 6.74. The van der Waals surface area contributed by atoms with Gasteiger partial charge in [0, 0.05) is 24.0 Å². The summed E-state index contributed by atoms with van der Waals surface area (Å²) in [5, 5.41) is 11.4. The minimum Gasteiger partial charge on any atom is -0.348 e. The normalized spacial score (nSPS) is 15.2. The molecule has 0 saturated carbocycles. The van der Waals surface area contributed by atoms with Crippen LogP contribution in [0.25, 0.3) is 11.3 Å². The van der Waals surface area contributed by atoms with Crippen LogP contribution >= 0.6 is 22.9 Å². The lowest BCUT2D eigenvalue weighted by atomic mass is 10.1. The zero-order valence-electron chi connectivity index (χ0n) is 15.8. The monoisotopic (exact) mass is 461 g/mol. The maximum atomic E-state index is 13.7. The maximum absolute atomic E-state index is 13.7. The Morgan fingerprint density at radius 3 is 2.63 bits per heavy atom. The molecule has 154 valence electrons. The van der Waals surface area contributed by atoms with E-state index in [9.17, 15) is 18.1 Å². The Labute approximate surface area is 183 Å². The third-order valence-electron chi connectivity index (χ3n) is 5.17. The molecule has 0 radical (unpaired) electrons. The average molecular weight is 462 g/mol. The van der Waals surface area contributed by atoms with Crippen molar-refractivity contribution >= 4 is 37.9 Å². The average Bonchev–Trinajstić information content (AvgIpc) is 3.26. The molecule has 0 aliphatic carbocycles. The molecule has 30 heavy (non-hydrogen) atoms. The zero-order chi connectivity index (χ0) is 21.3. The van der Waals surface area contributed by atoms with Crippen LogP contribution in [-0.2, 0) is 9.84 Å². The number of sulfone groups is 1. The predicted octanol–water partition coefficient (Wildman–Crippen LogP) is 4.92. The fraction of sp³-hybridized carbons (Fsp3) is 0.238. The molecule has 0 unspecified atom stereocenters. The van der Waals surface area contributed by atoms with Crippen molar-refractivity contribution in [2.75, 3.05) is 18.0 Å². The molecule has 1 aliphatic heterocycles. The van der Waals surface area contributed by atoms with Gasteiger partial charge in [0.05, 0.1) is 26.4 Å². The molecule has 1 saturated heterocycles.